The van der Waals surface area contributed by atoms with Crippen molar-refractivity contribution in [1.82, 2.24) is 9.80 Å². The van der Waals surface area contributed by atoms with E-state index in [0.717, 1.165) is 12.0 Å². The molecule has 2 atom stereocenters. The van der Waals surface area contributed by atoms with Gasteiger partial charge in [-0.3, -0.25) is 4.90 Å². The number of carboxylic acid groups (broad SMARTS) is 1. The minimum absolute atomic E-state index is 0.0626. The molecule has 1 aromatic rings. The second-order valence-corrected chi connectivity index (χ2v) is 6.27. The summed E-state index contributed by atoms with van der Waals surface area (Å²) in [6.07, 6.45) is -0.366. The van der Waals surface area contributed by atoms with Crippen LogP contribution in [-0.4, -0.2) is 59.8 Å². The number of fused-ring (bicyclic) bond motifs is 1. The Hall–Kier alpha value is -2.17. The Morgan fingerprint density at radius 2 is 2.21 bits per heavy atom. The first kappa shape index (κ1) is 16.7. The Kier molecular flexibility index (Phi) is 4.69. The lowest BCUT2D eigenvalue weighted by atomic mass is 9.97. The van der Waals surface area contributed by atoms with Crippen molar-refractivity contribution in [2.45, 2.75) is 25.5 Å². The van der Waals surface area contributed by atoms with Gasteiger partial charge in [0.2, 0.25) is 0 Å². The van der Waals surface area contributed by atoms with Gasteiger partial charge in [-0.25, -0.2) is 9.18 Å². The van der Waals surface area contributed by atoms with Gasteiger partial charge in [0.15, 0.2) is 0 Å². The molecule has 0 unspecified atom stereocenters. The largest absolute Gasteiger partial charge is 0.465 e. The van der Waals surface area contributed by atoms with Crippen LogP contribution in [0, 0.1) is 24.1 Å². The predicted octanol–water partition coefficient (Wildman–Crippen LogP) is 2.13. The Morgan fingerprint density at radius 1 is 1.42 bits per heavy atom. The molecular weight excluding hydrogens is 313 g/mol. The fourth-order valence-electron chi connectivity index (χ4n) is 3.56. The Bertz CT molecular complexity index is 688. The molecule has 1 aromatic carbocycles. The standard InChI is InChI=1S/C17H20FN3O3/c1-11-13(2-3-15(18)14(11)8-19)16-10-20-5-6-21(17(22)23)9-12(20)4-7-24-16/h2-3,12,16H,4-7,9-10H2,1H3,(H,22,23)/t12-,16-/m0/s1. The summed E-state index contributed by atoms with van der Waals surface area (Å²) < 4.78 is 19.7. The molecule has 2 saturated heterocycles. The molecule has 2 aliphatic rings. The van der Waals surface area contributed by atoms with Crippen molar-refractivity contribution in [2.75, 3.05) is 32.8 Å². The molecule has 2 fully saturated rings. The molecule has 0 bridgehead atoms. The first-order valence-corrected chi connectivity index (χ1v) is 8.04. The van der Waals surface area contributed by atoms with Crippen molar-refractivity contribution < 1.29 is 19.0 Å². The number of carbonyl (C=O) groups is 1. The second kappa shape index (κ2) is 6.75. The first-order valence-electron chi connectivity index (χ1n) is 8.04. The number of rotatable bonds is 1. The van der Waals surface area contributed by atoms with E-state index in [1.54, 1.807) is 13.0 Å². The van der Waals surface area contributed by atoms with Crippen LogP contribution in [-0.2, 0) is 4.74 Å². The van der Waals surface area contributed by atoms with Crippen LogP contribution in [0.3, 0.4) is 0 Å². The molecule has 6 nitrogen and oxygen atoms in total. The van der Waals surface area contributed by atoms with Gasteiger partial charge >= 0.3 is 6.09 Å². The normalized spacial score (nSPS) is 24.8. The van der Waals surface area contributed by atoms with Crippen molar-refractivity contribution in [1.29, 1.82) is 5.26 Å². The van der Waals surface area contributed by atoms with E-state index in [-0.39, 0.29) is 17.7 Å². The molecule has 0 saturated carbocycles. The third kappa shape index (κ3) is 3.07. The molecule has 0 aliphatic carbocycles. The van der Waals surface area contributed by atoms with Crippen LogP contribution in [0.15, 0.2) is 12.1 Å². The van der Waals surface area contributed by atoms with E-state index in [1.165, 1.54) is 11.0 Å². The van der Waals surface area contributed by atoms with E-state index in [9.17, 15) is 9.18 Å². The monoisotopic (exact) mass is 333 g/mol. The number of halogens is 1. The number of nitrogens with zero attached hydrogens (tertiary/aromatic N) is 3. The van der Waals surface area contributed by atoms with Gasteiger partial charge in [0.05, 0.1) is 11.7 Å². The van der Waals surface area contributed by atoms with Gasteiger partial charge in [-0.15, -0.1) is 0 Å². The molecule has 24 heavy (non-hydrogen) atoms. The molecule has 0 radical (unpaired) electrons. The minimum Gasteiger partial charge on any atom is -0.465 e. The van der Waals surface area contributed by atoms with Gasteiger partial charge < -0.3 is 14.7 Å². The van der Waals surface area contributed by atoms with Crippen molar-refractivity contribution in [3.05, 3.63) is 34.6 Å². The van der Waals surface area contributed by atoms with Gasteiger partial charge in [0, 0.05) is 38.8 Å². The van der Waals surface area contributed by atoms with E-state index >= 15 is 0 Å². The lowest BCUT2D eigenvalue weighted by molar-refractivity contribution is 0.0411. The zero-order valence-electron chi connectivity index (χ0n) is 13.5. The second-order valence-electron chi connectivity index (χ2n) is 6.27. The third-order valence-electron chi connectivity index (χ3n) is 4.96. The number of hydrogen-bond acceptors (Lipinski definition) is 4. The lowest BCUT2D eigenvalue weighted by Gasteiger charge is -2.39. The van der Waals surface area contributed by atoms with Crippen LogP contribution in [0.4, 0.5) is 9.18 Å². The summed E-state index contributed by atoms with van der Waals surface area (Å²) in [5, 5.41) is 18.3. The van der Waals surface area contributed by atoms with Gasteiger partial charge in [0.1, 0.15) is 11.9 Å². The molecule has 0 spiro atoms. The maximum Gasteiger partial charge on any atom is 0.407 e. The smallest absolute Gasteiger partial charge is 0.407 e. The Balaban J connectivity index is 1.81. The van der Waals surface area contributed by atoms with Crippen molar-refractivity contribution in [3.8, 4) is 6.07 Å². The molecule has 128 valence electrons. The van der Waals surface area contributed by atoms with Crippen LogP contribution in [0.2, 0.25) is 0 Å². The molecular formula is C17H20FN3O3. The van der Waals surface area contributed by atoms with E-state index in [4.69, 9.17) is 15.1 Å². The van der Waals surface area contributed by atoms with Gasteiger partial charge in [0.25, 0.3) is 0 Å². The first-order chi connectivity index (χ1) is 11.5. The van der Waals surface area contributed by atoms with E-state index in [2.05, 4.69) is 4.90 Å². The van der Waals surface area contributed by atoms with E-state index in [0.29, 0.717) is 38.3 Å². The summed E-state index contributed by atoms with van der Waals surface area (Å²) in [6.45, 7) is 4.49. The topological polar surface area (TPSA) is 76.8 Å². The minimum atomic E-state index is -0.885. The highest BCUT2D eigenvalue weighted by atomic mass is 19.1. The fraction of sp³-hybridized carbons (Fsp3) is 0.529. The molecule has 1 amide bonds. The van der Waals surface area contributed by atoms with Crippen LogP contribution >= 0.6 is 0 Å². The number of benzene rings is 1. The Labute approximate surface area is 140 Å². The molecule has 7 heteroatoms. The lowest BCUT2D eigenvalue weighted by Crippen LogP contribution is -2.54. The van der Waals surface area contributed by atoms with Crippen LogP contribution < -0.4 is 0 Å². The highest BCUT2D eigenvalue weighted by Gasteiger charge is 2.34. The maximum absolute atomic E-state index is 13.7. The highest BCUT2D eigenvalue weighted by molar-refractivity contribution is 5.65. The average molecular weight is 333 g/mol. The van der Waals surface area contributed by atoms with E-state index < -0.39 is 11.9 Å². The average Bonchev–Trinajstić information content (AvgIpc) is 2.76. The van der Waals surface area contributed by atoms with Crippen LogP contribution in [0.25, 0.3) is 0 Å². The third-order valence-corrected chi connectivity index (χ3v) is 4.96. The maximum atomic E-state index is 13.7. The highest BCUT2D eigenvalue weighted by Crippen LogP contribution is 2.30. The summed E-state index contributed by atoms with van der Waals surface area (Å²) in [5.74, 6) is -0.514. The summed E-state index contributed by atoms with van der Waals surface area (Å²) in [6, 6.07) is 5.05. The number of ether oxygens (including phenoxy) is 1. The zero-order valence-corrected chi connectivity index (χ0v) is 13.5. The van der Waals surface area contributed by atoms with Crippen LogP contribution in [0.1, 0.15) is 29.2 Å². The summed E-state index contributed by atoms with van der Waals surface area (Å²) in [7, 11) is 0. The summed E-state index contributed by atoms with van der Waals surface area (Å²) >= 11 is 0. The molecule has 0 aromatic heterocycles. The fourth-order valence-corrected chi connectivity index (χ4v) is 3.56. The number of piperazine rings is 1. The zero-order chi connectivity index (χ0) is 17.3. The van der Waals surface area contributed by atoms with Gasteiger partial charge in [-0.1, -0.05) is 6.07 Å². The molecule has 2 heterocycles. The van der Waals surface area contributed by atoms with Gasteiger partial charge in [-0.05, 0) is 30.5 Å². The SMILES string of the molecule is Cc1c([C@@H]2CN3CCN(C(=O)O)C[C@@H]3CCO2)ccc(F)c1C#N. The van der Waals surface area contributed by atoms with Crippen molar-refractivity contribution >= 4 is 6.09 Å². The summed E-state index contributed by atoms with van der Waals surface area (Å²) in [5.41, 5.74) is 1.51. The van der Waals surface area contributed by atoms with Gasteiger partial charge in [-0.2, -0.15) is 5.26 Å². The van der Waals surface area contributed by atoms with Crippen molar-refractivity contribution in [3.63, 3.8) is 0 Å². The number of nitriles is 1. The number of hydrogen-bond donors (Lipinski definition) is 1. The number of amides is 1. The van der Waals surface area contributed by atoms with Crippen molar-refractivity contribution in [2.24, 2.45) is 0 Å². The predicted molar refractivity (Wildman–Crippen MR) is 84.1 cm³/mol. The quantitative estimate of drug-likeness (QED) is 0.852. The molecule has 3 rings (SSSR count). The Morgan fingerprint density at radius 3 is 2.92 bits per heavy atom. The molecule has 1 N–H and O–H groups in total. The molecule has 2 aliphatic heterocycles. The summed E-state index contributed by atoms with van der Waals surface area (Å²) in [4.78, 5) is 14.8. The van der Waals surface area contributed by atoms with E-state index in [1.807, 2.05) is 6.07 Å². The van der Waals surface area contributed by atoms with Crippen LogP contribution in [0.5, 0.6) is 0 Å².